The summed E-state index contributed by atoms with van der Waals surface area (Å²) in [4.78, 5) is 27.8. The van der Waals surface area contributed by atoms with Crippen LogP contribution in [0.25, 0.3) is 17.0 Å². The first-order chi connectivity index (χ1) is 11.1. The summed E-state index contributed by atoms with van der Waals surface area (Å²) in [5.74, 6) is -0.484. The number of halogens is 1. The van der Waals surface area contributed by atoms with E-state index in [9.17, 15) is 9.59 Å². The molecule has 1 aromatic heterocycles. The number of carbonyl (C=O) groups excluding carboxylic acids is 1. The fourth-order valence-corrected chi connectivity index (χ4v) is 2.84. The number of nitrogens with one attached hydrogen (secondary N) is 1. The number of fused-ring (bicyclic) bond motifs is 1. The van der Waals surface area contributed by atoms with Gasteiger partial charge in [-0.15, -0.1) is 0 Å². The van der Waals surface area contributed by atoms with Crippen LogP contribution in [0.5, 0.6) is 0 Å². The van der Waals surface area contributed by atoms with E-state index in [0.29, 0.717) is 10.9 Å². The summed E-state index contributed by atoms with van der Waals surface area (Å²) in [6.07, 6.45) is 2.98. The minimum absolute atomic E-state index is 0.0764. The van der Waals surface area contributed by atoms with Crippen LogP contribution in [-0.4, -0.2) is 15.5 Å². The third-order valence-electron chi connectivity index (χ3n) is 3.30. The lowest BCUT2D eigenvalue weighted by molar-refractivity contribution is 0.0963. The zero-order chi connectivity index (χ0) is 16.4. The molecule has 3 rings (SSSR count). The van der Waals surface area contributed by atoms with Crippen molar-refractivity contribution in [2.45, 2.75) is 0 Å². The molecule has 0 amide bonds. The summed E-state index contributed by atoms with van der Waals surface area (Å²) >= 11 is 8.47. The van der Waals surface area contributed by atoms with Gasteiger partial charge in [-0.05, 0) is 42.1 Å². The first-order valence-electron chi connectivity index (χ1n) is 6.78. The lowest BCUT2D eigenvalue weighted by atomic mass is 10.2. The zero-order valence-corrected chi connectivity index (χ0v) is 14.2. The molecule has 0 radical (unpaired) electrons. The maximum atomic E-state index is 12.6. The molecule has 2 aromatic carbocycles. The Balaban J connectivity index is 2.09. The summed E-state index contributed by atoms with van der Waals surface area (Å²) in [5.41, 5.74) is 1.03. The van der Waals surface area contributed by atoms with Crippen molar-refractivity contribution < 1.29 is 4.79 Å². The number of rotatable bonds is 2. The van der Waals surface area contributed by atoms with Gasteiger partial charge in [0.2, 0.25) is 0 Å². The van der Waals surface area contributed by atoms with Crippen LogP contribution in [0.15, 0.2) is 63.9 Å². The van der Waals surface area contributed by atoms with Crippen LogP contribution in [0.2, 0.25) is 0 Å². The molecule has 0 spiro atoms. The number of allylic oxidation sites excluding steroid dienone is 1. The van der Waals surface area contributed by atoms with E-state index in [1.54, 1.807) is 24.3 Å². The number of aromatic nitrogens is 2. The molecular weight excluding hydrogens is 376 g/mol. The number of nitrogens with zero attached hydrogens (tertiary/aromatic N) is 1. The van der Waals surface area contributed by atoms with Gasteiger partial charge < -0.3 is 4.98 Å². The quantitative estimate of drug-likeness (QED) is 0.530. The molecule has 0 aliphatic carbocycles. The van der Waals surface area contributed by atoms with Gasteiger partial charge in [-0.25, -0.2) is 4.57 Å². The van der Waals surface area contributed by atoms with E-state index in [2.05, 4.69) is 20.9 Å². The first kappa shape index (κ1) is 15.6. The van der Waals surface area contributed by atoms with Gasteiger partial charge in [-0.1, -0.05) is 46.3 Å². The SMILES string of the molecule is O=C(/C=C/c1ccccc1)n1c(=S)[nH]c2ccc(Br)cc2c1=O. The Morgan fingerprint density at radius 2 is 1.91 bits per heavy atom. The Hall–Kier alpha value is -2.31. The van der Waals surface area contributed by atoms with Crippen molar-refractivity contribution in [3.8, 4) is 0 Å². The zero-order valence-electron chi connectivity index (χ0n) is 11.8. The summed E-state index contributed by atoms with van der Waals surface area (Å²) in [6, 6.07) is 14.6. The summed E-state index contributed by atoms with van der Waals surface area (Å²) in [7, 11) is 0. The summed E-state index contributed by atoms with van der Waals surface area (Å²) in [5, 5.41) is 0.398. The number of hydrogen-bond acceptors (Lipinski definition) is 3. The highest BCUT2D eigenvalue weighted by Gasteiger charge is 2.10. The Kier molecular flexibility index (Phi) is 4.36. The average molecular weight is 387 g/mol. The van der Waals surface area contributed by atoms with E-state index < -0.39 is 11.5 Å². The molecule has 0 aliphatic heterocycles. The van der Waals surface area contributed by atoms with E-state index in [4.69, 9.17) is 12.2 Å². The van der Waals surface area contributed by atoms with Gasteiger partial charge >= 0.3 is 0 Å². The number of H-pyrrole nitrogens is 1. The van der Waals surface area contributed by atoms with E-state index in [1.807, 2.05) is 30.3 Å². The number of carbonyl (C=O) groups is 1. The maximum absolute atomic E-state index is 12.6. The topological polar surface area (TPSA) is 54.9 Å². The predicted octanol–water partition coefficient (Wildman–Crippen LogP) is 4.18. The molecule has 0 aliphatic rings. The van der Waals surface area contributed by atoms with Crippen molar-refractivity contribution >= 4 is 51.0 Å². The molecule has 0 saturated carbocycles. The van der Waals surface area contributed by atoms with Crippen molar-refractivity contribution in [3.63, 3.8) is 0 Å². The van der Waals surface area contributed by atoms with Crippen molar-refractivity contribution in [2.75, 3.05) is 0 Å². The molecule has 0 unspecified atom stereocenters. The second-order valence-corrected chi connectivity index (χ2v) is 6.15. The fraction of sp³-hybridized carbons (Fsp3) is 0. The Morgan fingerprint density at radius 3 is 2.65 bits per heavy atom. The monoisotopic (exact) mass is 386 g/mol. The largest absolute Gasteiger partial charge is 0.331 e. The molecule has 6 heteroatoms. The summed E-state index contributed by atoms with van der Waals surface area (Å²) in [6.45, 7) is 0. The van der Waals surface area contributed by atoms with Crippen LogP contribution >= 0.6 is 28.1 Å². The predicted molar refractivity (Wildman–Crippen MR) is 97.2 cm³/mol. The molecule has 3 aromatic rings. The molecular formula is C17H11BrN2O2S. The van der Waals surface area contributed by atoms with E-state index in [1.165, 1.54) is 6.08 Å². The van der Waals surface area contributed by atoms with Crippen molar-refractivity contribution in [1.29, 1.82) is 0 Å². The van der Waals surface area contributed by atoms with Crippen LogP contribution in [0.4, 0.5) is 0 Å². The van der Waals surface area contributed by atoms with Gasteiger partial charge in [0.1, 0.15) is 0 Å². The number of benzene rings is 2. The minimum atomic E-state index is -0.484. The molecule has 0 fully saturated rings. The first-order valence-corrected chi connectivity index (χ1v) is 7.98. The highest BCUT2D eigenvalue weighted by Crippen LogP contribution is 2.15. The molecule has 23 heavy (non-hydrogen) atoms. The van der Waals surface area contributed by atoms with Crippen molar-refractivity contribution in [1.82, 2.24) is 9.55 Å². The van der Waals surface area contributed by atoms with Crippen molar-refractivity contribution in [3.05, 3.63) is 79.8 Å². The highest BCUT2D eigenvalue weighted by molar-refractivity contribution is 9.10. The molecule has 1 N–H and O–H groups in total. The normalized spacial score (nSPS) is 11.2. The third kappa shape index (κ3) is 3.23. The Bertz CT molecular complexity index is 1040. The van der Waals surface area contributed by atoms with Crippen LogP contribution < -0.4 is 5.56 Å². The molecule has 0 saturated heterocycles. The lowest BCUT2D eigenvalue weighted by Gasteiger charge is -2.05. The average Bonchev–Trinajstić information content (AvgIpc) is 2.55. The maximum Gasteiger partial charge on any atom is 0.269 e. The molecule has 0 bridgehead atoms. The smallest absolute Gasteiger partial charge is 0.269 e. The lowest BCUT2D eigenvalue weighted by Crippen LogP contribution is -2.27. The molecule has 4 nitrogen and oxygen atoms in total. The van der Waals surface area contributed by atoms with Gasteiger partial charge in [0, 0.05) is 10.5 Å². The Labute approximate surface area is 145 Å². The molecule has 0 atom stereocenters. The van der Waals surface area contributed by atoms with Crippen LogP contribution in [0, 0.1) is 4.77 Å². The molecule has 114 valence electrons. The van der Waals surface area contributed by atoms with Gasteiger partial charge in [-0.2, -0.15) is 0 Å². The van der Waals surface area contributed by atoms with E-state index in [-0.39, 0.29) is 4.77 Å². The van der Waals surface area contributed by atoms with Crippen LogP contribution in [0.1, 0.15) is 10.4 Å². The fourth-order valence-electron chi connectivity index (χ4n) is 2.19. The standard InChI is InChI=1S/C17H11BrN2O2S/c18-12-7-8-14-13(10-12)16(22)20(17(23)19-14)15(21)9-6-11-4-2-1-3-5-11/h1-10H,(H,19,23)/b9-6+. The van der Waals surface area contributed by atoms with Crippen LogP contribution in [-0.2, 0) is 0 Å². The van der Waals surface area contributed by atoms with Gasteiger partial charge in [0.25, 0.3) is 11.5 Å². The van der Waals surface area contributed by atoms with Crippen LogP contribution in [0.3, 0.4) is 0 Å². The minimum Gasteiger partial charge on any atom is -0.331 e. The van der Waals surface area contributed by atoms with Gasteiger partial charge in [0.05, 0.1) is 10.9 Å². The van der Waals surface area contributed by atoms with E-state index >= 15 is 0 Å². The molecule has 1 heterocycles. The Morgan fingerprint density at radius 1 is 1.17 bits per heavy atom. The summed E-state index contributed by atoms with van der Waals surface area (Å²) < 4.78 is 1.79. The highest BCUT2D eigenvalue weighted by atomic mass is 79.9. The van der Waals surface area contributed by atoms with Gasteiger partial charge in [0.15, 0.2) is 4.77 Å². The second kappa shape index (κ2) is 6.44. The van der Waals surface area contributed by atoms with Crippen molar-refractivity contribution in [2.24, 2.45) is 0 Å². The number of aromatic amines is 1. The second-order valence-electron chi connectivity index (χ2n) is 4.84. The number of hydrogen-bond donors (Lipinski definition) is 1. The van der Waals surface area contributed by atoms with E-state index in [0.717, 1.165) is 14.6 Å². The third-order valence-corrected chi connectivity index (χ3v) is 4.08. The van der Waals surface area contributed by atoms with Gasteiger partial charge in [-0.3, -0.25) is 9.59 Å².